The Balaban J connectivity index is 1.70. The highest BCUT2D eigenvalue weighted by molar-refractivity contribution is 5.99. The first-order chi connectivity index (χ1) is 11.4. The van der Waals surface area contributed by atoms with Gasteiger partial charge in [-0.15, -0.1) is 0 Å². The standard InChI is InChI=1S/C17H17N3O4/c1-17(10-11-6-3-4-7-12(11)15(22)24-17)16(23)19-18-14(21)13-8-5-9-20(13)2/h3-9H,10H2,1-2H3,(H,18,21)(H,19,23). The molecule has 0 saturated heterocycles. The van der Waals surface area contributed by atoms with Crippen molar-refractivity contribution < 1.29 is 19.1 Å². The fraction of sp³-hybridized carbons (Fsp3) is 0.235. The monoisotopic (exact) mass is 327 g/mol. The van der Waals surface area contributed by atoms with Crippen molar-refractivity contribution in [2.45, 2.75) is 18.9 Å². The van der Waals surface area contributed by atoms with Gasteiger partial charge >= 0.3 is 5.97 Å². The van der Waals surface area contributed by atoms with Gasteiger partial charge in [-0.3, -0.25) is 20.4 Å². The predicted molar refractivity (Wildman–Crippen MR) is 85.0 cm³/mol. The molecule has 0 aliphatic carbocycles. The zero-order chi connectivity index (χ0) is 17.3. The van der Waals surface area contributed by atoms with Gasteiger partial charge in [-0.25, -0.2) is 4.79 Å². The number of aryl methyl sites for hydroxylation is 1. The molecule has 1 atom stereocenters. The summed E-state index contributed by atoms with van der Waals surface area (Å²) in [5.41, 5.74) is 4.87. The van der Waals surface area contributed by atoms with Crippen LogP contribution in [0.3, 0.4) is 0 Å². The molecule has 7 nitrogen and oxygen atoms in total. The van der Waals surface area contributed by atoms with Crippen molar-refractivity contribution in [3.8, 4) is 0 Å². The Hall–Kier alpha value is -3.09. The molecule has 1 aromatic carbocycles. The number of hydrogen-bond donors (Lipinski definition) is 2. The van der Waals surface area contributed by atoms with Gasteiger partial charge in [0.25, 0.3) is 11.8 Å². The van der Waals surface area contributed by atoms with Crippen molar-refractivity contribution in [3.63, 3.8) is 0 Å². The average Bonchev–Trinajstić information content (AvgIpc) is 2.98. The largest absolute Gasteiger partial charge is 0.445 e. The molecule has 2 heterocycles. The molecule has 0 spiro atoms. The summed E-state index contributed by atoms with van der Waals surface area (Å²) in [5, 5.41) is 0. The normalized spacial score (nSPS) is 19.2. The number of carbonyl (C=O) groups excluding carboxylic acids is 3. The number of fused-ring (bicyclic) bond motifs is 1. The number of esters is 1. The van der Waals surface area contributed by atoms with Gasteiger partial charge in [0.05, 0.1) is 5.56 Å². The minimum Gasteiger partial charge on any atom is -0.445 e. The number of carbonyl (C=O) groups is 3. The van der Waals surface area contributed by atoms with Crippen molar-refractivity contribution in [1.82, 2.24) is 15.4 Å². The fourth-order valence-corrected chi connectivity index (χ4v) is 2.67. The van der Waals surface area contributed by atoms with Crippen LogP contribution in [0, 0.1) is 0 Å². The second-order valence-corrected chi connectivity index (χ2v) is 5.87. The lowest BCUT2D eigenvalue weighted by molar-refractivity contribution is -0.140. The highest BCUT2D eigenvalue weighted by atomic mass is 16.6. The van der Waals surface area contributed by atoms with Crippen molar-refractivity contribution in [3.05, 3.63) is 59.4 Å². The first-order valence-electron chi connectivity index (χ1n) is 7.44. The summed E-state index contributed by atoms with van der Waals surface area (Å²) in [6.07, 6.45) is 1.96. The molecule has 7 heteroatoms. The summed E-state index contributed by atoms with van der Waals surface area (Å²) in [6, 6.07) is 10.3. The summed E-state index contributed by atoms with van der Waals surface area (Å²) in [4.78, 5) is 36.5. The Bertz CT molecular complexity index is 827. The van der Waals surface area contributed by atoms with E-state index in [1.807, 2.05) is 0 Å². The van der Waals surface area contributed by atoms with Crippen molar-refractivity contribution in [1.29, 1.82) is 0 Å². The van der Waals surface area contributed by atoms with Gasteiger partial charge < -0.3 is 9.30 Å². The van der Waals surface area contributed by atoms with Gasteiger partial charge in [0, 0.05) is 19.7 Å². The third-order valence-corrected chi connectivity index (χ3v) is 4.03. The van der Waals surface area contributed by atoms with E-state index in [1.165, 1.54) is 6.92 Å². The van der Waals surface area contributed by atoms with E-state index in [-0.39, 0.29) is 6.42 Å². The number of rotatable bonds is 2. The molecular formula is C17H17N3O4. The van der Waals surface area contributed by atoms with Crippen LogP contribution in [-0.2, 0) is 23.0 Å². The van der Waals surface area contributed by atoms with Crippen LogP contribution in [0.25, 0.3) is 0 Å². The van der Waals surface area contributed by atoms with Gasteiger partial charge in [-0.2, -0.15) is 0 Å². The van der Waals surface area contributed by atoms with E-state index in [4.69, 9.17) is 4.74 Å². The summed E-state index contributed by atoms with van der Waals surface area (Å²) in [6.45, 7) is 1.52. The molecule has 2 aromatic rings. The summed E-state index contributed by atoms with van der Waals surface area (Å²) >= 11 is 0. The number of ether oxygens (including phenoxy) is 1. The van der Waals surface area contributed by atoms with E-state index in [0.717, 1.165) is 5.56 Å². The fourth-order valence-electron chi connectivity index (χ4n) is 2.67. The molecule has 1 aliphatic rings. The zero-order valence-electron chi connectivity index (χ0n) is 13.3. The van der Waals surface area contributed by atoms with Crippen LogP contribution in [0.2, 0.25) is 0 Å². The van der Waals surface area contributed by atoms with Crippen LogP contribution in [0.1, 0.15) is 33.3 Å². The van der Waals surface area contributed by atoms with Crippen LogP contribution >= 0.6 is 0 Å². The Labute approximate surface area is 138 Å². The second-order valence-electron chi connectivity index (χ2n) is 5.87. The molecule has 1 aromatic heterocycles. The third kappa shape index (κ3) is 2.76. The van der Waals surface area contributed by atoms with E-state index in [9.17, 15) is 14.4 Å². The molecular weight excluding hydrogens is 310 g/mol. The maximum atomic E-state index is 12.4. The Morgan fingerprint density at radius 1 is 1.17 bits per heavy atom. The molecule has 24 heavy (non-hydrogen) atoms. The highest BCUT2D eigenvalue weighted by Crippen LogP contribution is 2.28. The summed E-state index contributed by atoms with van der Waals surface area (Å²) in [7, 11) is 1.72. The van der Waals surface area contributed by atoms with Crippen LogP contribution in [-0.4, -0.2) is 28.0 Å². The van der Waals surface area contributed by atoms with E-state index in [0.29, 0.717) is 11.3 Å². The molecule has 0 fully saturated rings. The Morgan fingerprint density at radius 2 is 1.92 bits per heavy atom. The third-order valence-electron chi connectivity index (χ3n) is 4.03. The molecule has 3 rings (SSSR count). The number of benzene rings is 1. The van der Waals surface area contributed by atoms with Gasteiger partial charge in [-0.05, 0) is 30.7 Å². The molecule has 1 aliphatic heterocycles. The topological polar surface area (TPSA) is 89.4 Å². The predicted octanol–water partition coefficient (Wildman–Crippen LogP) is 0.958. The van der Waals surface area contributed by atoms with Crippen LogP contribution in [0.4, 0.5) is 0 Å². The zero-order valence-corrected chi connectivity index (χ0v) is 13.3. The molecule has 0 radical (unpaired) electrons. The van der Waals surface area contributed by atoms with Gasteiger partial charge in [-0.1, -0.05) is 18.2 Å². The van der Waals surface area contributed by atoms with Crippen molar-refractivity contribution in [2.75, 3.05) is 0 Å². The van der Waals surface area contributed by atoms with Crippen LogP contribution < -0.4 is 10.9 Å². The molecule has 124 valence electrons. The smallest absolute Gasteiger partial charge is 0.339 e. The second kappa shape index (κ2) is 5.84. The van der Waals surface area contributed by atoms with E-state index in [1.54, 1.807) is 54.2 Å². The first kappa shape index (κ1) is 15.8. The SMILES string of the molecule is Cn1cccc1C(=O)NNC(=O)C1(C)Cc2ccccc2C(=O)O1. The Morgan fingerprint density at radius 3 is 2.62 bits per heavy atom. The van der Waals surface area contributed by atoms with E-state index >= 15 is 0 Å². The van der Waals surface area contributed by atoms with E-state index < -0.39 is 23.4 Å². The Kier molecular flexibility index (Phi) is 3.84. The number of aromatic nitrogens is 1. The first-order valence-corrected chi connectivity index (χ1v) is 7.44. The molecule has 1 unspecified atom stereocenters. The number of amides is 2. The number of cyclic esters (lactones) is 1. The van der Waals surface area contributed by atoms with Gasteiger partial charge in [0.15, 0.2) is 5.60 Å². The highest BCUT2D eigenvalue weighted by Gasteiger charge is 2.42. The maximum Gasteiger partial charge on any atom is 0.339 e. The van der Waals surface area contributed by atoms with Crippen molar-refractivity contribution in [2.24, 2.45) is 7.05 Å². The van der Waals surface area contributed by atoms with Gasteiger partial charge in [0.2, 0.25) is 0 Å². The van der Waals surface area contributed by atoms with Gasteiger partial charge in [0.1, 0.15) is 5.69 Å². The quantitative estimate of drug-likeness (QED) is 0.635. The van der Waals surface area contributed by atoms with Crippen molar-refractivity contribution >= 4 is 17.8 Å². The van der Waals surface area contributed by atoms with E-state index in [2.05, 4.69) is 10.9 Å². The number of nitrogens with zero attached hydrogens (tertiary/aromatic N) is 1. The minimum absolute atomic E-state index is 0.237. The molecule has 2 N–H and O–H groups in total. The average molecular weight is 327 g/mol. The number of hydrogen-bond acceptors (Lipinski definition) is 4. The lowest BCUT2D eigenvalue weighted by atomic mass is 9.89. The minimum atomic E-state index is -1.38. The summed E-state index contributed by atoms with van der Waals surface area (Å²) < 4.78 is 6.93. The molecule has 0 saturated carbocycles. The van der Waals surface area contributed by atoms with Crippen LogP contribution in [0.15, 0.2) is 42.6 Å². The summed E-state index contributed by atoms with van der Waals surface area (Å²) in [5.74, 6) is -1.60. The maximum absolute atomic E-state index is 12.4. The van der Waals surface area contributed by atoms with Crippen LogP contribution in [0.5, 0.6) is 0 Å². The lowest BCUT2D eigenvalue weighted by Gasteiger charge is -2.32. The number of hydrazine groups is 1. The lowest BCUT2D eigenvalue weighted by Crippen LogP contribution is -2.56. The number of nitrogens with one attached hydrogen (secondary N) is 2. The molecule has 2 amide bonds. The molecule has 0 bridgehead atoms.